The minimum Gasteiger partial charge on any atom is -0.456 e. The van der Waals surface area contributed by atoms with Crippen molar-refractivity contribution in [2.75, 3.05) is 5.75 Å². The molecule has 3 aromatic carbocycles. The van der Waals surface area contributed by atoms with Crippen LogP contribution in [-0.4, -0.2) is 54.9 Å². The van der Waals surface area contributed by atoms with E-state index in [4.69, 9.17) is 9.47 Å². The van der Waals surface area contributed by atoms with Crippen molar-refractivity contribution >= 4 is 52.0 Å². The van der Waals surface area contributed by atoms with Crippen LogP contribution in [0.25, 0.3) is 0 Å². The number of hydrogen-bond acceptors (Lipinski definition) is 11. The Balaban J connectivity index is 1.74. The van der Waals surface area contributed by atoms with Crippen molar-refractivity contribution < 1.29 is 38.7 Å². The molecule has 1 saturated heterocycles. The van der Waals surface area contributed by atoms with Gasteiger partial charge in [-0.25, -0.2) is 4.79 Å². The average molecular weight is 693 g/mol. The van der Waals surface area contributed by atoms with Gasteiger partial charge in [0.2, 0.25) is 22.6 Å². The van der Waals surface area contributed by atoms with E-state index in [0.29, 0.717) is 16.9 Å². The van der Waals surface area contributed by atoms with E-state index in [0.717, 1.165) is 21.6 Å². The Labute approximate surface area is 286 Å². The van der Waals surface area contributed by atoms with Gasteiger partial charge in [0.25, 0.3) is 5.69 Å². The Morgan fingerprint density at radius 2 is 1.62 bits per heavy atom. The van der Waals surface area contributed by atoms with Gasteiger partial charge in [-0.3, -0.25) is 29.4 Å². The summed E-state index contributed by atoms with van der Waals surface area (Å²) in [6.45, 7) is 7.93. The second-order valence-electron chi connectivity index (χ2n) is 11.9. The van der Waals surface area contributed by atoms with Gasteiger partial charge in [-0.2, -0.15) is 0 Å². The van der Waals surface area contributed by atoms with Crippen molar-refractivity contribution in [2.45, 2.75) is 57.6 Å². The third kappa shape index (κ3) is 8.52. The van der Waals surface area contributed by atoms with Crippen molar-refractivity contribution in [3.63, 3.8) is 0 Å². The maximum absolute atomic E-state index is 14.0. The summed E-state index contributed by atoms with van der Waals surface area (Å²) < 4.78 is 11.7. The Morgan fingerprint density at radius 3 is 2.17 bits per heavy atom. The normalized spacial score (nSPS) is 17.1. The zero-order valence-electron chi connectivity index (χ0n) is 27.1. The summed E-state index contributed by atoms with van der Waals surface area (Å²) in [7, 11) is 0. The molecule has 252 valence electrons. The first kappa shape index (κ1) is 36.4. The van der Waals surface area contributed by atoms with E-state index in [9.17, 15) is 34.4 Å². The van der Waals surface area contributed by atoms with Gasteiger partial charge in [-0.15, -0.1) is 11.8 Å². The van der Waals surface area contributed by atoms with Gasteiger partial charge in [0.05, 0.1) is 22.3 Å². The Kier molecular flexibility index (Phi) is 11.8. The summed E-state index contributed by atoms with van der Waals surface area (Å²) in [5.74, 6) is -2.84. The molecule has 0 bridgehead atoms. The molecule has 3 aromatic rings. The molecule has 0 saturated carbocycles. The monoisotopic (exact) mass is 692 g/mol. The lowest BCUT2D eigenvalue weighted by molar-refractivity contribution is -0.384. The summed E-state index contributed by atoms with van der Waals surface area (Å²) in [4.78, 5) is 66.8. The smallest absolute Gasteiger partial charge is 0.359 e. The predicted octanol–water partition coefficient (Wildman–Crippen LogP) is 6.39. The minimum atomic E-state index is -1.08. The van der Waals surface area contributed by atoms with Crippen molar-refractivity contribution in [1.29, 1.82) is 0 Å². The molecule has 0 unspecified atom stereocenters. The number of Topliss-reactive ketones (excluding diaryl/α,β-unsaturated/α-hetero) is 1. The largest absolute Gasteiger partial charge is 0.456 e. The highest BCUT2D eigenvalue weighted by molar-refractivity contribution is 8.14. The van der Waals surface area contributed by atoms with Crippen LogP contribution < -0.4 is 4.74 Å². The van der Waals surface area contributed by atoms with E-state index >= 15 is 0 Å². The summed E-state index contributed by atoms with van der Waals surface area (Å²) in [6.07, 6.45) is -1.03. The van der Waals surface area contributed by atoms with E-state index in [-0.39, 0.29) is 23.2 Å². The number of rotatable bonds is 13. The number of aliphatic hydroxyl groups is 1. The standard InChI is InChI=1S/C35H36N2O9S2/c1-6-47-32-27(21(2)38)31(40)36(32)28(33(41)45-20-22-12-16-24(17-13-22)37(43)44)29(30(39)35(3,4)5)46-25-18-14-23(15-19-25)34(42)48-26-10-8-7-9-11-26/h7-19,21,27,32,38H,6,20H2,1-5H3/t21-,27+,32-/m1/s1. The van der Waals surface area contributed by atoms with Gasteiger partial charge in [-0.05, 0) is 78.5 Å². The number of carbonyl (C=O) groups is 4. The molecule has 1 amide bonds. The number of nitro groups is 1. The Morgan fingerprint density at radius 1 is 1.00 bits per heavy atom. The first-order valence-corrected chi connectivity index (χ1v) is 17.0. The van der Waals surface area contributed by atoms with Crippen LogP contribution in [0.2, 0.25) is 0 Å². The van der Waals surface area contributed by atoms with Crippen LogP contribution in [0.1, 0.15) is 50.5 Å². The maximum Gasteiger partial charge on any atom is 0.359 e. The lowest BCUT2D eigenvalue weighted by Crippen LogP contribution is -2.63. The first-order chi connectivity index (χ1) is 22.7. The first-order valence-electron chi connectivity index (χ1n) is 15.1. The number of benzene rings is 3. The van der Waals surface area contributed by atoms with Crippen LogP contribution in [0.5, 0.6) is 5.75 Å². The molecule has 0 radical (unpaired) electrons. The Bertz CT molecular complexity index is 1700. The van der Waals surface area contributed by atoms with Crippen LogP contribution in [0.3, 0.4) is 0 Å². The molecule has 1 N–H and O–H groups in total. The van der Waals surface area contributed by atoms with Crippen LogP contribution in [-0.2, 0) is 25.7 Å². The van der Waals surface area contributed by atoms with Gasteiger partial charge in [0, 0.05) is 28.0 Å². The lowest BCUT2D eigenvalue weighted by Gasteiger charge is -2.48. The van der Waals surface area contributed by atoms with E-state index in [2.05, 4.69) is 0 Å². The topological polar surface area (TPSA) is 153 Å². The van der Waals surface area contributed by atoms with Gasteiger partial charge in [-0.1, -0.05) is 45.9 Å². The summed E-state index contributed by atoms with van der Waals surface area (Å²) in [5.41, 5.74) is -0.832. The average Bonchev–Trinajstić information content (AvgIpc) is 3.05. The molecular formula is C35H36N2O9S2. The fourth-order valence-corrected chi connectivity index (χ4v) is 6.74. The highest BCUT2D eigenvalue weighted by Crippen LogP contribution is 2.42. The Hall–Kier alpha value is -4.46. The van der Waals surface area contributed by atoms with Gasteiger partial charge < -0.3 is 14.6 Å². The zero-order chi connectivity index (χ0) is 35.2. The highest BCUT2D eigenvalue weighted by atomic mass is 32.2. The molecule has 4 rings (SSSR count). The third-order valence-corrected chi connectivity index (χ3v) is 9.37. The van der Waals surface area contributed by atoms with E-state index in [1.807, 2.05) is 37.3 Å². The number of ether oxygens (including phenoxy) is 2. The number of allylic oxidation sites excluding steroid dienone is 1. The zero-order valence-corrected chi connectivity index (χ0v) is 28.7. The number of esters is 1. The molecule has 1 aliphatic rings. The van der Waals surface area contributed by atoms with Crippen molar-refractivity contribution in [1.82, 2.24) is 4.90 Å². The number of aliphatic hydroxyl groups excluding tert-OH is 1. The fourth-order valence-electron chi connectivity index (χ4n) is 4.72. The van der Waals surface area contributed by atoms with Gasteiger partial charge in [0.1, 0.15) is 12.4 Å². The number of nitrogens with zero attached hydrogens (tertiary/aromatic N) is 2. The van der Waals surface area contributed by atoms with Crippen molar-refractivity contribution in [3.8, 4) is 5.75 Å². The number of nitro benzene ring substituents is 1. The second kappa shape index (κ2) is 15.6. The van der Waals surface area contributed by atoms with E-state index in [1.54, 1.807) is 20.8 Å². The number of hydrogen-bond donors (Lipinski definition) is 1. The fraction of sp³-hybridized carbons (Fsp3) is 0.314. The molecule has 0 spiro atoms. The van der Waals surface area contributed by atoms with Gasteiger partial charge >= 0.3 is 5.97 Å². The molecule has 1 aliphatic heterocycles. The van der Waals surface area contributed by atoms with Gasteiger partial charge in [0.15, 0.2) is 5.70 Å². The number of ketones is 1. The van der Waals surface area contributed by atoms with Crippen LogP contribution in [0.4, 0.5) is 5.69 Å². The molecule has 13 heteroatoms. The molecule has 0 aliphatic carbocycles. The van der Waals surface area contributed by atoms with E-state index < -0.39 is 56.8 Å². The number of carbonyl (C=O) groups excluding carboxylic acids is 4. The molecule has 1 fully saturated rings. The number of non-ortho nitro benzene ring substituents is 1. The maximum atomic E-state index is 14.0. The van der Waals surface area contributed by atoms with Crippen LogP contribution >= 0.6 is 23.5 Å². The molecule has 11 nitrogen and oxygen atoms in total. The molecular weight excluding hydrogens is 657 g/mol. The SMILES string of the molecule is CCS[C@@H]1[C@@H]([C@@H](C)O)C(=O)N1C(C(=O)OCc1ccc([N+](=O)[O-])cc1)=C(Oc1ccc(C(=O)Sc2ccccc2)cc1)C(=O)C(C)(C)C. The molecule has 3 atom stereocenters. The van der Waals surface area contributed by atoms with E-state index in [1.165, 1.54) is 67.2 Å². The summed E-state index contributed by atoms with van der Waals surface area (Å²) in [5, 5.41) is 20.5. The quantitative estimate of drug-likeness (QED) is 0.0403. The van der Waals surface area contributed by atoms with Crippen molar-refractivity contribution in [2.24, 2.45) is 11.3 Å². The van der Waals surface area contributed by atoms with Crippen LogP contribution in [0.15, 0.2) is 95.2 Å². The molecule has 48 heavy (non-hydrogen) atoms. The summed E-state index contributed by atoms with van der Waals surface area (Å²) in [6, 6.07) is 20.6. The number of β-lactam (4-membered cyclic amide) rings is 1. The highest BCUT2D eigenvalue weighted by Gasteiger charge is 2.54. The lowest BCUT2D eigenvalue weighted by atomic mass is 9.87. The third-order valence-electron chi connectivity index (χ3n) is 7.26. The minimum absolute atomic E-state index is 0.129. The summed E-state index contributed by atoms with van der Waals surface area (Å²) >= 11 is 2.37. The number of thioether (sulfide) groups is 2. The molecule has 1 heterocycles. The van der Waals surface area contributed by atoms with Crippen molar-refractivity contribution in [3.05, 3.63) is 112 Å². The van der Waals surface area contributed by atoms with Crippen LogP contribution in [0, 0.1) is 21.4 Å². The predicted molar refractivity (Wildman–Crippen MR) is 182 cm³/mol. The number of likely N-dealkylation sites (tertiary alicyclic amines) is 1. The molecule has 0 aromatic heterocycles. The second-order valence-corrected chi connectivity index (χ2v) is 14.3. The number of amides is 1.